The second kappa shape index (κ2) is 5.54. The summed E-state index contributed by atoms with van der Waals surface area (Å²) in [5.74, 6) is -1.05. The summed E-state index contributed by atoms with van der Waals surface area (Å²) < 4.78 is 4.69. The minimum Gasteiger partial charge on any atom is -0.375 e. The van der Waals surface area contributed by atoms with Crippen molar-refractivity contribution in [2.24, 2.45) is 0 Å². The van der Waals surface area contributed by atoms with Crippen molar-refractivity contribution in [3.8, 4) is 0 Å². The van der Waals surface area contributed by atoms with Gasteiger partial charge in [-0.1, -0.05) is 0 Å². The lowest BCUT2D eigenvalue weighted by Crippen LogP contribution is -2.71. The van der Waals surface area contributed by atoms with Gasteiger partial charge in [-0.15, -0.1) is 0 Å². The fraction of sp³-hybridized carbons (Fsp3) is 0.538. The zero-order valence-electron chi connectivity index (χ0n) is 11.3. The van der Waals surface area contributed by atoms with E-state index in [1.54, 1.807) is 0 Å². The van der Waals surface area contributed by atoms with Crippen LogP contribution in [-0.2, 0) is 23.9 Å². The molecule has 2 rings (SSSR count). The summed E-state index contributed by atoms with van der Waals surface area (Å²) in [6, 6.07) is -0.897. The number of hydrogen-bond donors (Lipinski definition) is 1. The Hall–Kier alpha value is -2.02. The lowest BCUT2D eigenvalue weighted by molar-refractivity contribution is -0.153. The van der Waals surface area contributed by atoms with Gasteiger partial charge in [0.15, 0.2) is 5.78 Å². The molecule has 1 N–H and O–H groups in total. The van der Waals surface area contributed by atoms with Gasteiger partial charge in [-0.25, -0.2) is 0 Å². The average Bonchev–Trinajstić information content (AvgIpc) is 2.43. The minimum absolute atomic E-state index is 0.120. The Morgan fingerprint density at radius 2 is 2.20 bits per heavy atom. The first-order valence-electron chi connectivity index (χ1n) is 6.32. The zero-order valence-corrected chi connectivity index (χ0v) is 11.3. The van der Waals surface area contributed by atoms with Crippen LogP contribution >= 0.6 is 0 Å². The molecular formula is C13H16N2O5. The molecule has 0 saturated carbocycles. The summed E-state index contributed by atoms with van der Waals surface area (Å²) in [5, 5.41) is 2.58. The van der Waals surface area contributed by atoms with Gasteiger partial charge in [0.2, 0.25) is 5.91 Å². The van der Waals surface area contributed by atoms with Crippen molar-refractivity contribution in [3.63, 3.8) is 0 Å². The normalized spacial score (nSPS) is 24.9. The van der Waals surface area contributed by atoms with Gasteiger partial charge >= 0.3 is 0 Å². The number of aldehydes is 1. The molecule has 0 aliphatic carbocycles. The molecule has 0 aromatic carbocycles. The van der Waals surface area contributed by atoms with Gasteiger partial charge < -0.3 is 15.0 Å². The lowest BCUT2D eigenvalue weighted by Gasteiger charge is -2.50. The summed E-state index contributed by atoms with van der Waals surface area (Å²) in [6.45, 7) is 1.21. The van der Waals surface area contributed by atoms with Crippen LogP contribution in [0.15, 0.2) is 11.3 Å². The fourth-order valence-electron chi connectivity index (χ4n) is 2.71. The standard InChI is InChI=1S/C13H16N2O5/c1-7(17)12-8(5-16)3-4-9-11(13(19)15(9)12)14-10(18)6-20-2/h5,9,11H,3-4,6H2,1-2H3,(H,14,18). The second-order valence-corrected chi connectivity index (χ2v) is 4.84. The van der Waals surface area contributed by atoms with E-state index in [2.05, 4.69) is 5.32 Å². The number of nitrogens with one attached hydrogen (secondary N) is 1. The summed E-state index contributed by atoms with van der Waals surface area (Å²) in [7, 11) is 1.39. The summed E-state index contributed by atoms with van der Waals surface area (Å²) in [5.41, 5.74) is 0.516. The number of carbonyl (C=O) groups excluding carboxylic acids is 4. The van der Waals surface area contributed by atoms with Crippen LogP contribution in [0.2, 0.25) is 0 Å². The summed E-state index contributed by atoms with van der Waals surface area (Å²) >= 11 is 0. The number of allylic oxidation sites excluding steroid dienone is 2. The fourth-order valence-corrected chi connectivity index (χ4v) is 2.71. The molecular weight excluding hydrogens is 264 g/mol. The number of β-lactam (4-membered cyclic amide) rings is 1. The van der Waals surface area contributed by atoms with Gasteiger partial charge in [0.1, 0.15) is 18.9 Å². The maximum Gasteiger partial charge on any atom is 0.252 e. The van der Waals surface area contributed by atoms with Crippen LogP contribution in [0.5, 0.6) is 0 Å². The van der Waals surface area contributed by atoms with E-state index in [9.17, 15) is 19.2 Å². The van der Waals surface area contributed by atoms with E-state index in [4.69, 9.17) is 4.74 Å². The van der Waals surface area contributed by atoms with E-state index in [1.165, 1.54) is 18.9 Å². The molecule has 7 heteroatoms. The van der Waals surface area contributed by atoms with Gasteiger partial charge in [-0.05, 0) is 12.8 Å². The van der Waals surface area contributed by atoms with E-state index in [1.807, 2.05) is 0 Å². The third kappa shape index (κ3) is 2.24. The molecule has 0 spiro atoms. The highest BCUT2D eigenvalue weighted by molar-refractivity contribution is 6.06. The first-order chi connectivity index (χ1) is 9.51. The van der Waals surface area contributed by atoms with Gasteiger partial charge in [0, 0.05) is 19.6 Å². The molecule has 7 nitrogen and oxygen atoms in total. The first-order valence-corrected chi connectivity index (χ1v) is 6.32. The van der Waals surface area contributed by atoms with Crippen molar-refractivity contribution in [1.29, 1.82) is 0 Å². The van der Waals surface area contributed by atoms with Crippen LogP contribution < -0.4 is 5.32 Å². The quantitative estimate of drug-likeness (QED) is 0.524. The number of Topliss-reactive ketones (excluding diaryl/α,β-unsaturated/α-hetero) is 1. The third-order valence-corrected chi connectivity index (χ3v) is 3.54. The highest BCUT2D eigenvalue weighted by Crippen LogP contribution is 2.36. The lowest BCUT2D eigenvalue weighted by atomic mass is 9.83. The number of fused-ring (bicyclic) bond motifs is 1. The van der Waals surface area contributed by atoms with Gasteiger partial charge in [-0.3, -0.25) is 19.2 Å². The van der Waals surface area contributed by atoms with E-state index in [-0.39, 0.29) is 35.9 Å². The molecule has 0 aromatic rings. The zero-order chi connectivity index (χ0) is 14.9. The predicted octanol–water partition coefficient (Wildman–Crippen LogP) is -0.836. The molecule has 0 aromatic heterocycles. The van der Waals surface area contributed by atoms with Gasteiger partial charge in [0.25, 0.3) is 5.91 Å². The maximum atomic E-state index is 12.1. The number of hydrogen-bond acceptors (Lipinski definition) is 5. The minimum atomic E-state index is -0.639. The Balaban J connectivity index is 2.17. The number of ether oxygens (including phenoxy) is 1. The number of carbonyl (C=O) groups is 4. The number of rotatable bonds is 5. The molecule has 108 valence electrons. The molecule has 2 heterocycles. The molecule has 2 amide bonds. The molecule has 2 aliphatic heterocycles. The van der Waals surface area contributed by atoms with Crippen LogP contribution in [0.25, 0.3) is 0 Å². The second-order valence-electron chi connectivity index (χ2n) is 4.84. The Labute approximate surface area is 115 Å². The highest BCUT2D eigenvalue weighted by Gasteiger charge is 2.52. The van der Waals surface area contributed by atoms with E-state index < -0.39 is 6.04 Å². The van der Waals surface area contributed by atoms with Crippen molar-refractivity contribution in [2.45, 2.75) is 31.8 Å². The van der Waals surface area contributed by atoms with Crippen LogP contribution in [0.3, 0.4) is 0 Å². The number of ketones is 1. The van der Waals surface area contributed by atoms with Crippen molar-refractivity contribution >= 4 is 23.9 Å². The third-order valence-electron chi connectivity index (χ3n) is 3.54. The van der Waals surface area contributed by atoms with Crippen molar-refractivity contribution in [3.05, 3.63) is 11.3 Å². The molecule has 0 bridgehead atoms. The Kier molecular flexibility index (Phi) is 3.99. The van der Waals surface area contributed by atoms with Crippen molar-refractivity contribution < 1.29 is 23.9 Å². The SMILES string of the molecule is COCC(=O)NC1C(=O)N2C(C(C)=O)=C(C=O)CCC12. The van der Waals surface area contributed by atoms with Crippen molar-refractivity contribution in [1.82, 2.24) is 10.2 Å². The smallest absolute Gasteiger partial charge is 0.252 e. The van der Waals surface area contributed by atoms with Gasteiger partial charge in [0.05, 0.1) is 11.7 Å². The molecule has 1 saturated heterocycles. The number of nitrogens with zero attached hydrogens (tertiary/aromatic N) is 1. The van der Waals surface area contributed by atoms with Crippen LogP contribution in [0, 0.1) is 0 Å². The van der Waals surface area contributed by atoms with E-state index >= 15 is 0 Å². The van der Waals surface area contributed by atoms with Crippen molar-refractivity contribution in [2.75, 3.05) is 13.7 Å². The summed E-state index contributed by atoms with van der Waals surface area (Å²) in [6.07, 6.45) is 1.61. The highest BCUT2D eigenvalue weighted by atomic mass is 16.5. The Bertz CT molecular complexity index is 511. The molecule has 0 radical (unpaired) electrons. The number of amides is 2. The summed E-state index contributed by atoms with van der Waals surface area (Å²) in [4.78, 5) is 47.5. The number of methoxy groups -OCH3 is 1. The molecule has 1 fully saturated rings. The molecule has 2 unspecified atom stereocenters. The van der Waals surface area contributed by atoms with Gasteiger partial charge in [-0.2, -0.15) is 0 Å². The average molecular weight is 280 g/mol. The van der Waals surface area contributed by atoms with Crippen LogP contribution in [-0.4, -0.2) is 54.6 Å². The predicted molar refractivity (Wildman–Crippen MR) is 67.4 cm³/mol. The first kappa shape index (κ1) is 14.4. The van der Waals surface area contributed by atoms with E-state index in [0.717, 1.165) is 0 Å². The Morgan fingerprint density at radius 3 is 2.75 bits per heavy atom. The monoisotopic (exact) mass is 280 g/mol. The maximum absolute atomic E-state index is 12.1. The molecule has 2 atom stereocenters. The largest absolute Gasteiger partial charge is 0.375 e. The van der Waals surface area contributed by atoms with E-state index in [0.29, 0.717) is 24.7 Å². The Morgan fingerprint density at radius 1 is 1.50 bits per heavy atom. The molecule has 2 aliphatic rings. The van der Waals surface area contributed by atoms with Crippen LogP contribution in [0.4, 0.5) is 0 Å². The molecule has 20 heavy (non-hydrogen) atoms. The van der Waals surface area contributed by atoms with Crippen LogP contribution in [0.1, 0.15) is 19.8 Å². The topological polar surface area (TPSA) is 92.8 Å².